The summed E-state index contributed by atoms with van der Waals surface area (Å²) in [5.41, 5.74) is 7.07. The first-order valence-electron chi connectivity index (χ1n) is 5.84. The Morgan fingerprint density at radius 2 is 2.06 bits per heavy atom. The van der Waals surface area contributed by atoms with Crippen molar-refractivity contribution in [2.45, 2.75) is 39.2 Å². The minimum atomic E-state index is 0. The summed E-state index contributed by atoms with van der Waals surface area (Å²) in [6.07, 6.45) is 2.83. The average Bonchev–Trinajstić information content (AvgIpc) is 2.28. The molecule has 0 bridgehead atoms. The van der Waals surface area contributed by atoms with E-state index < -0.39 is 0 Å². The zero-order chi connectivity index (χ0) is 12.0. The van der Waals surface area contributed by atoms with E-state index in [2.05, 4.69) is 13.8 Å². The minimum absolute atomic E-state index is 0. The van der Waals surface area contributed by atoms with Crippen LogP contribution in [0.15, 0.2) is 18.2 Å². The third-order valence-corrected chi connectivity index (χ3v) is 2.78. The van der Waals surface area contributed by atoms with Gasteiger partial charge in [-0.3, -0.25) is 0 Å². The highest BCUT2D eigenvalue weighted by molar-refractivity contribution is 6.32. The molecule has 1 aromatic carbocycles. The fraction of sp³-hybridized carbons (Fsp3) is 0.538. The molecule has 0 aliphatic heterocycles. The van der Waals surface area contributed by atoms with Crippen molar-refractivity contribution in [3.63, 3.8) is 0 Å². The number of hydrogen-bond acceptors (Lipinski definition) is 2. The highest BCUT2D eigenvalue weighted by Crippen LogP contribution is 2.26. The molecule has 2 N–H and O–H groups in total. The van der Waals surface area contributed by atoms with Gasteiger partial charge in [0.25, 0.3) is 0 Å². The summed E-state index contributed by atoms with van der Waals surface area (Å²) in [5, 5.41) is 0.675. The minimum Gasteiger partial charge on any atom is -0.492 e. The molecule has 0 heterocycles. The molecule has 1 unspecified atom stereocenters. The summed E-state index contributed by atoms with van der Waals surface area (Å²) in [7, 11) is 0. The molecular weight excluding hydrogens is 257 g/mol. The second-order valence-corrected chi connectivity index (χ2v) is 4.39. The monoisotopic (exact) mass is 277 g/mol. The Morgan fingerprint density at radius 1 is 1.35 bits per heavy atom. The van der Waals surface area contributed by atoms with Crippen LogP contribution in [0.5, 0.6) is 5.75 Å². The van der Waals surface area contributed by atoms with Gasteiger partial charge in [0.05, 0.1) is 11.6 Å². The molecule has 98 valence electrons. The number of halogens is 2. The van der Waals surface area contributed by atoms with Gasteiger partial charge in [-0.15, -0.1) is 12.4 Å². The molecular formula is C13H21Cl2NO. The number of rotatable bonds is 6. The van der Waals surface area contributed by atoms with Crippen LogP contribution in [0.25, 0.3) is 0 Å². The molecule has 0 radical (unpaired) electrons. The lowest BCUT2D eigenvalue weighted by Crippen LogP contribution is -2.21. The van der Waals surface area contributed by atoms with E-state index in [4.69, 9.17) is 22.1 Å². The summed E-state index contributed by atoms with van der Waals surface area (Å²) < 4.78 is 5.51. The number of hydrogen-bond donors (Lipinski definition) is 1. The summed E-state index contributed by atoms with van der Waals surface area (Å²) in [6, 6.07) is 6.11. The maximum absolute atomic E-state index is 6.13. The van der Waals surface area contributed by atoms with Crippen molar-refractivity contribution in [3.8, 4) is 5.75 Å². The molecule has 0 saturated carbocycles. The van der Waals surface area contributed by atoms with E-state index in [0.29, 0.717) is 11.6 Å². The Bertz CT molecular complexity index is 331. The van der Waals surface area contributed by atoms with Crippen molar-refractivity contribution in [1.82, 2.24) is 0 Å². The quantitative estimate of drug-likeness (QED) is 0.858. The van der Waals surface area contributed by atoms with Gasteiger partial charge in [-0.1, -0.05) is 31.5 Å². The van der Waals surface area contributed by atoms with E-state index in [9.17, 15) is 0 Å². The molecule has 0 spiro atoms. The SMILES string of the molecule is CCCOc1ccc(CC(N)CC)cc1Cl.Cl. The van der Waals surface area contributed by atoms with Crippen LogP contribution in [-0.2, 0) is 6.42 Å². The second-order valence-electron chi connectivity index (χ2n) is 3.99. The molecule has 0 saturated heterocycles. The van der Waals surface area contributed by atoms with Gasteiger partial charge < -0.3 is 10.5 Å². The average molecular weight is 278 g/mol. The fourth-order valence-corrected chi connectivity index (χ4v) is 1.71. The lowest BCUT2D eigenvalue weighted by molar-refractivity contribution is 0.317. The number of nitrogens with two attached hydrogens (primary N) is 1. The number of benzene rings is 1. The molecule has 1 rings (SSSR count). The smallest absolute Gasteiger partial charge is 0.137 e. The molecule has 0 amide bonds. The highest BCUT2D eigenvalue weighted by atomic mass is 35.5. The van der Waals surface area contributed by atoms with E-state index in [1.807, 2.05) is 18.2 Å². The molecule has 0 fully saturated rings. The first-order chi connectivity index (χ1) is 7.67. The van der Waals surface area contributed by atoms with E-state index in [1.165, 1.54) is 5.56 Å². The fourth-order valence-electron chi connectivity index (χ4n) is 1.45. The van der Waals surface area contributed by atoms with Crippen LogP contribution in [0, 0.1) is 0 Å². The largest absolute Gasteiger partial charge is 0.492 e. The van der Waals surface area contributed by atoms with Crippen molar-refractivity contribution < 1.29 is 4.74 Å². The first kappa shape index (κ1) is 16.6. The van der Waals surface area contributed by atoms with Crippen LogP contribution in [0.1, 0.15) is 32.3 Å². The van der Waals surface area contributed by atoms with Crippen molar-refractivity contribution in [1.29, 1.82) is 0 Å². The first-order valence-corrected chi connectivity index (χ1v) is 6.22. The molecule has 2 nitrogen and oxygen atoms in total. The zero-order valence-electron chi connectivity index (χ0n) is 10.4. The predicted octanol–water partition coefficient (Wildman–Crippen LogP) is 3.83. The molecule has 1 aromatic rings. The van der Waals surface area contributed by atoms with E-state index in [0.717, 1.165) is 25.0 Å². The van der Waals surface area contributed by atoms with Gasteiger partial charge in [0.1, 0.15) is 5.75 Å². The Morgan fingerprint density at radius 3 is 2.59 bits per heavy atom. The van der Waals surface area contributed by atoms with Gasteiger partial charge in [0.15, 0.2) is 0 Å². The van der Waals surface area contributed by atoms with E-state index >= 15 is 0 Å². The Kier molecular flexibility index (Phi) is 8.40. The molecule has 0 aliphatic carbocycles. The standard InChI is InChI=1S/C13H20ClNO.ClH/c1-3-7-16-13-6-5-10(9-12(13)14)8-11(15)4-2;/h5-6,9,11H,3-4,7-8,15H2,1-2H3;1H. The zero-order valence-corrected chi connectivity index (χ0v) is 12.0. The molecule has 1 atom stereocenters. The van der Waals surface area contributed by atoms with Gasteiger partial charge in [-0.25, -0.2) is 0 Å². The number of ether oxygens (including phenoxy) is 1. The summed E-state index contributed by atoms with van der Waals surface area (Å²) in [5.74, 6) is 0.761. The van der Waals surface area contributed by atoms with Crippen molar-refractivity contribution in [2.75, 3.05) is 6.61 Å². The van der Waals surface area contributed by atoms with Crippen LogP contribution in [-0.4, -0.2) is 12.6 Å². The maximum Gasteiger partial charge on any atom is 0.137 e. The van der Waals surface area contributed by atoms with Gasteiger partial charge in [-0.05, 0) is 37.0 Å². The van der Waals surface area contributed by atoms with Gasteiger partial charge >= 0.3 is 0 Å². The Hall–Kier alpha value is -0.440. The van der Waals surface area contributed by atoms with Gasteiger partial charge in [-0.2, -0.15) is 0 Å². The van der Waals surface area contributed by atoms with Crippen LogP contribution in [0.2, 0.25) is 5.02 Å². The molecule has 4 heteroatoms. The topological polar surface area (TPSA) is 35.2 Å². The van der Waals surface area contributed by atoms with Crippen molar-refractivity contribution in [2.24, 2.45) is 5.73 Å². The van der Waals surface area contributed by atoms with Crippen LogP contribution in [0.3, 0.4) is 0 Å². The predicted molar refractivity (Wildman–Crippen MR) is 76.5 cm³/mol. The normalized spacial score (nSPS) is 11.8. The summed E-state index contributed by atoms with van der Waals surface area (Å²) >= 11 is 6.13. The van der Waals surface area contributed by atoms with Crippen molar-refractivity contribution in [3.05, 3.63) is 28.8 Å². The molecule has 17 heavy (non-hydrogen) atoms. The van der Waals surface area contributed by atoms with Gasteiger partial charge in [0.2, 0.25) is 0 Å². The molecule has 0 aliphatic rings. The van der Waals surface area contributed by atoms with E-state index in [1.54, 1.807) is 0 Å². The second kappa shape index (κ2) is 8.62. The highest BCUT2D eigenvalue weighted by Gasteiger charge is 2.05. The van der Waals surface area contributed by atoms with Gasteiger partial charge in [0, 0.05) is 6.04 Å². The van der Waals surface area contributed by atoms with Crippen molar-refractivity contribution >= 4 is 24.0 Å². The lowest BCUT2D eigenvalue weighted by Gasteiger charge is -2.11. The van der Waals surface area contributed by atoms with Crippen LogP contribution in [0.4, 0.5) is 0 Å². The van der Waals surface area contributed by atoms with Crippen LogP contribution < -0.4 is 10.5 Å². The Balaban J connectivity index is 0.00000256. The molecule has 0 aromatic heterocycles. The summed E-state index contributed by atoms with van der Waals surface area (Å²) in [6.45, 7) is 4.86. The van der Waals surface area contributed by atoms with E-state index in [-0.39, 0.29) is 18.4 Å². The van der Waals surface area contributed by atoms with Crippen LogP contribution >= 0.6 is 24.0 Å². The summed E-state index contributed by atoms with van der Waals surface area (Å²) in [4.78, 5) is 0. The third kappa shape index (κ3) is 5.62. The lowest BCUT2D eigenvalue weighted by atomic mass is 10.0. The Labute approximate surface area is 115 Å². The maximum atomic E-state index is 6.13. The third-order valence-electron chi connectivity index (χ3n) is 2.48.